The average Bonchev–Trinajstić information content (AvgIpc) is 2.68. The van der Waals surface area contributed by atoms with Gasteiger partial charge in [-0.1, -0.05) is 48.6 Å². The molecule has 5 nitrogen and oxygen atoms in total. The van der Waals surface area contributed by atoms with Gasteiger partial charge in [0.1, 0.15) is 11.6 Å². The minimum Gasteiger partial charge on any atom is -0.473 e. The highest BCUT2D eigenvalue weighted by Gasteiger charge is 2.10. The first-order valence-corrected chi connectivity index (χ1v) is 8.89. The van der Waals surface area contributed by atoms with Crippen molar-refractivity contribution in [3.05, 3.63) is 89.0 Å². The number of allylic oxidation sites excluding steroid dienone is 1. The fourth-order valence-electron chi connectivity index (χ4n) is 2.74. The summed E-state index contributed by atoms with van der Waals surface area (Å²) in [5.74, 6) is -4.74. The van der Waals surface area contributed by atoms with Crippen molar-refractivity contribution in [3.8, 4) is 0 Å². The van der Waals surface area contributed by atoms with Gasteiger partial charge in [-0.15, -0.1) is 0 Å². The van der Waals surface area contributed by atoms with Crippen LogP contribution in [0.15, 0.2) is 66.3 Å². The molecule has 0 fully saturated rings. The Morgan fingerprint density at radius 2 is 1.59 bits per heavy atom. The van der Waals surface area contributed by atoms with E-state index < -0.39 is 23.6 Å². The van der Waals surface area contributed by atoms with Crippen molar-refractivity contribution in [2.75, 3.05) is 13.1 Å². The van der Waals surface area contributed by atoms with Gasteiger partial charge >= 0.3 is 11.9 Å². The first kappa shape index (κ1) is 22.0. The fourth-order valence-corrected chi connectivity index (χ4v) is 2.74. The van der Waals surface area contributed by atoms with Crippen LogP contribution in [0.1, 0.15) is 17.5 Å². The molecule has 2 aromatic carbocycles. The van der Waals surface area contributed by atoms with Gasteiger partial charge in [0.25, 0.3) is 0 Å². The van der Waals surface area contributed by atoms with Crippen LogP contribution in [0.5, 0.6) is 0 Å². The largest absolute Gasteiger partial charge is 0.473 e. The summed E-state index contributed by atoms with van der Waals surface area (Å²) in [6.07, 6.45) is 6.85. The van der Waals surface area contributed by atoms with Crippen LogP contribution in [0.25, 0.3) is 6.08 Å². The zero-order valence-electron chi connectivity index (χ0n) is 15.6. The quantitative estimate of drug-likeness (QED) is 0.758. The molecular weight excluding hydrogens is 380 g/mol. The number of hydrogen-bond acceptors (Lipinski definition) is 3. The van der Waals surface area contributed by atoms with Crippen LogP contribution in [0.3, 0.4) is 0 Å². The number of nitrogens with zero attached hydrogens (tertiary/aromatic N) is 1. The van der Waals surface area contributed by atoms with E-state index in [1.165, 1.54) is 23.3 Å². The smallest absolute Gasteiger partial charge is 0.414 e. The minimum absolute atomic E-state index is 0.545. The Kier molecular flexibility index (Phi) is 8.24. The summed E-state index contributed by atoms with van der Waals surface area (Å²) in [6, 6.07) is 14.0. The predicted molar refractivity (Wildman–Crippen MR) is 105 cm³/mol. The second-order valence-electron chi connectivity index (χ2n) is 6.40. The van der Waals surface area contributed by atoms with Gasteiger partial charge in [0, 0.05) is 25.7 Å². The summed E-state index contributed by atoms with van der Waals surface area (Å²) in [6.45, 7) is 2.83. The summed E-state index contributed by atoms with van der Waals surface area (Å²) >= 11 is 0. The van der Waals surface area contributed by atoms with Crippen molar-refractivity contribution in [1.82, 2.24) is 4.90 Å². The van der Waals surface area contributed by atoms with Crippen molar-refractivity contribution >= 4 is 18.0 Å². The Morgan fingerprint density at radius 3 is 2.10 bits per heavy atom. The van der Waals surface area contributed by atoms with Crippen LogP contribution in [0.2, 0.25) is 0 Å². The maximum absolute atomic E-state index is 13.2. The average molecular weight is 401 g/mol. The molecule has 0 bridgehead atoms. The Labute approximate surface area is 167 Å². The number of carboxylic acid groups (broad SMARTS) is 2. The molecule has 0 unspecified atom stereocenters. The van der Waals surface area contributed by atoms with Crippen LogP contribution in [0, 0.1) is 11.6 Å². The number of carboxylic acids is 2. The zero-order chi connectivity index (χ0) is 21.2. The molecule has 152 valence electrons. The number of rotatable bonds is 4. The van der Waals surface area contributed by atoms with Gasteiger partial charge in [0.2, 0.25) is 0 Å². The Hall–Kier alpha value is -3.32. The third-order valence-electron chi connectivity index (χ3n) is 4.14. The van der Waals surface area contributed by atoms with Crippen molar-refractivity contribution < 1.29 is 28.6 Å². The van der Waals surface area contributed by atoms with Gasteiger partial charge in [0.15, 0.2) is 0 Å². The second kappa shape index (κ2) is 10.9. The lowest BCUT2D eigenvalue weighted by molar-refractivity contribution is -0.159. The van der Waals surface area contributed by atoms with Gasteiger partial charge in [-0.2, -0.15) is 0 Å². The SMILES string of the molecule is Fc1cc(F)cc(/C=C/C2=CCN(Cc3ccccc3)CC2)c1.O=C(O)C(=O)O. The number of carbonyl (C=O) groups is 2. The van der Waals surface area contributed by atoms with Crippen molar-refractivity contribution in [2.24, 2.45) is 0 Å². The molecule has 0 aromatic heterocycles. The van der Waals surface area contributed by atoms with Gasteiger partial charge in [-0.3, -0.25) is 4.90 Å². The molecule has 0 radical (unpaired) electrons. The summed E-state index contributed by atoms with van der Waals surface area (Å²) in [5.41, 5.74) is 3.07. The standard InChI is InChI=1S/C20H19F2N.C2H2O4/c21-19-12-18(13-20(22)14-19)7-6-16-8-10-23(11-9-16)15-17-4-2-1-3-5-17;3-1(4)2(5)6/h1-8,12-14H,9-11,15H2;(H,3,4)(H,5,6)/b7-6+;. The normalized spacial score (nSPS) is 14.1. The fraction of sp³-hybridized carbons (Fsp3) is 0.182. The molecule has 1 aliphatic rings. The summed E-state index contributed by atoms with van der Waals surface area (Å²) in [5, 5.41) is 14.8. The topological polar surface area (TPSA) is 77.8 Å². The van der Waals surface area contributed by atoms with E-state index in [0.717, 1.165) is 32.1 Å². The van der Waals surface area contributed by atoms with Gasteiger partial charge in [-0.25, -0.2) is 18.4 Å². The zero-order valence-corrected chi connectivity index (χ0v) is 15.6. The van der Waals surface area contributed by atoms with E-state index in [2.05, 4.69) is 35.2 Å². The maximum atomic E-state index is 13.2. The lowest BCUT2D eigenvalue weighted by atomic mass is 10.1. The lowest BCUT2D eigenvalue weighted by Crippen LogP contribution is -2.27. The monoisotopic (exact) mass is 401 g/mol. The molecule has 29 heavy (non-hydrogen) atoms. The molecule has 0 saturated heterocycles. The van der Waals surface area contributed by atoms with E-state index in [0.29, 0.717) is 5.56 Å². The van der Waals surface area contributed by atoms with E-state index >= 15 is 0 Å². The first-order chi connectivity index (χ1) is 13.8. The van der Waals surface area contributed by atoms with Crippen LogP contribution >= 0.6 is 0 Å². The third kappa shape index (κ3) is 8.06. The lowest BCUT2D eigenvalue weighted by Gasteiger charge is -2.25. The van der Waals surface area contributed by atoms with Crippen LogP contribution < -0.4 is 0 Å². The summed E-state index contributed by atoms with van der Waals surface area (Å²) < 4.78 is 26.3. The Balaban J connectivity index is 0.000000438. The van der Waals surface area contributed by atoms with Crippen molar-refractivity contribution in [3.63, 3.8) is 0 Å². The minimum atomic E-state index is -1.82. The van der Waals surface area contributed by atoms with Crippen molar-refractivity contribution in [1.29, 1.82) is 0 Å². The van der Waals surface area contributed by atoms with Crippen LogP contribution in [-0.2, 0) is 16.1 Å². The molecule has 3 rings (SSSR count). The number of halogens is 2. The predicted octanol–water partition coefficient (Wildman–Crippen LogP) is 3.97. The van der Waals surface area contributed by atoms with E-state index in [-0.39, 0.29) is 0 Å². The highest BCUT2D eigenvalue weighted by atomic mass is 19.1. The van der Waals surface area contributed by atoms with Gasteiger partial charge < -0.3 is 10.2 Å². The molecular formula is C22H21F2NO4. The maximum Gasteiger partial charge on any atom is 0.414 e. The van der Waals surface area contributed by atoms with E-state index in [9.17, 15) is 8.78 Å². The number of benzene rings is 2. The highest BCUT2D eigenvalue weighted by Crippen LogP contribution is 2.17. The Morgan fingerprint density at radius 1 is 0.966 bits per heavy atom. The molecule has 0 spiro atoms. The molecule has 0 amide bonds. The number of hydrogen-bond donors (Lipinski definition) is 2. The van der Waals surface area contributed by atoms with Gasteiger partial charge in [0.05, 0.1) is 0 Å². The summed E-state index contributed by atoms with van der Waals surface area (Å²) in [7, 11) is 0. The molecule has 2 N–H and O–H groups in total. The van der Waals surface area contributed by atoms with Crippen LogP contribution in [0.4, 0.5) is 8.78 Å². The van der Waals surface area contributed by atoms with E-state index in [1.807, 2.05) is 12.1 Å². The summed E-state index contributed by atoms with van der Waals surface area (Å²) in [4.78, 5) is 20.6. The molecule has 7 heteroatoms. The molecule has 0 atom stereocenters. The molecule has 0 saturated carbocycles. The van der Waals surface area contributed by atoms with E-state index in [1.54, 1.807) is 6.08 Å². The molecule has 1 heterocycles. The molecule has 0 aliphatic carbocycles. The third-order valence-corrected chi connectivity index (χ3v) is 4.14. The number of aliphatic carboxylic acids is 2. The first-order valence-electron chi connectivity index (χ1n) is 8.89. The van der Waals surface area contributed by atoms with Gasteiger partial charge in [-0.05, 0) is 35.3 Å². The second-order valence-corrected chi connectivity index (χ2v) is 6.40. The highest BCUT2D eigenvalue weighted by molar-refractivity contribution is 6.27. The molecule has 1 aliphatic heterocycles. The Bertz CT molecular complexity index is 878. The van der Waals surface area contributed by atoms with Crippen LogP contribution in [-0.4, -0.2) is 40.1 Å². The van der Waals surface area contributed by atoms with E-state index in [4.69, 9.17) is 19.8 Å². The molecule has 2 aromatic rings. The van der Waals surface area contributed by atoms with Crippen molar-refractivity contribution in [2.45, 2.75) is 13.0 Å².